The molecule has 0 spiro atoms. The number of halogens is 2. The molecule has 2 aromatic rings. The van der Waals surface area contributed by atoms with Gasteiger partial charge in [-0.3, -0.25) is 25.2 Å². The third-order valence-electron chi connectivity index (χ3n) is 4.57. The topological polar surface area (TPSA) is 98.7 Å². The average Bonchev–Trinajstić information content (AvgIpc) is 3.10. The summed E-state index contributed by atoms with van der Waals surface area (Å²) < 4.78 is 26.7. The first-order valence-corrected chi connectivity index (χ1v) is 8.92. The van der Waals surface area contributed by atoms with Crippen molar-refractivity contribution < 1.29 is 28.3 Å². The smallest absolute Gasteiger partial charge is 0.261 e. The lowest BCUT2D eigenvalue weighted by Gasteiger charge is -2.23. The van der Waals surface area contributed by atoms with Crippen molar-refractivity contribution in [1.82, 2.24) is 15.8 Å². The van der Waals surface area contributed by atoms with Gasteiger partial charge in [0, 0.05) is 18.5 Å². The minimum Gasteiger partial charge on any atom is -0.391 e. The summed E-state index contributed by atoms with van der Waals surface area (Å²) in [6, 6.07) is 9.56. The SMILES string of the molecule is O=C(Cc1ccccc1F)NNC(=O)C1CC(O)CN1C(=O)c1ccc(F)cc1. The van der Waals surface area contributed by atoms with E-state index in [1.54, 1.807) is 6.07 Å². The molecule has 1 saturated heterocycles. The number of likely N-dealkylation sites (tertiary alicyclic amines) is 1. The molecule has 3 rings (SSSR count). The van der Waals surface area contributed by atoms with E-state index >= 15 is 0 Å². The number of nitrogens with zero attached hydrogens (tertiary/aromatic N) is 1. The quantitative estimate of drug-likeness (QED) is 0.662. The summed E-state index contributed by atoms with van der Waals surface area (Å²) in [4.78, 5) is 38.2. The van der Waals surface area contributed by atoms with Crippen molar-refractivity contribution in [2.75, 3.05) is 6.54 Å². The zero-order valence-electron chi connectivity index (χ0n) is 15.3. The van der Waals surface area contributed by atoms with Gasteiger partial charge in [-0.05, 0) is 35.9 Å². The van der Waals surface area contributed by atoms with Crippen LogP contribution >= 0.6 is 0 Å². The Morgan fingerprint density at radius 2 is 1.72 bits per heavy atom. The Labute approximate surface area is 165 Å². The maximum absolute atomic E-state index is 13.6. The van der Waals surface area contributed by atoms with Crippen molar-refractivity contribution in [3.63, 3.8) is 0 Å². The highest BCUT2D eigenvalue weighted by molar-refractivity contribution is 5.98. The summed E-state index contributed by atoms with van der Waals surface area (Å²) in [5.74, 6) is -2.92. The zero-order chi connectivity index (χ0) is 21.0. The Morgan fingerprint density at radius 1 is 1.03 bits per heavy atom. The third kappa shape index (κ3) is 4.94. The Balaban J connectivity index is 1.61. The molecule has 1 aliphatic heterocycles. The number of hydrogen-bond donors (Lipinski definition) is 3. The number of nitrogens with one attached hydrogen (secondary N) is 2. The normalized spacial score (nSPS) is 18.4. The fraction of sp³-hybridized carbons (Fsp3) is 0.250. The molecule has 152 valence electrons. The molecule has 2 atom stereocenters. The van der Waals surface area contributed by atoms with Crippen LogP contribution < -0.4 is 10.9 Å². The van der Waals surface area contributed by atoms with Gasteiger partial charge in [-0.2, -0.15) is 0 Å². The van der Waals surface area contributed by atoms with E-state index < -0.39 is 41.5 Å². The summed E-state index contributed by atoms with van der Waals surface area (Å²) in [5, 5.41) is 9.90. The van der Waals surface area contributed by atoms with E-state index in [0.29, 0.717) is 0 Å². The monoisotopic (exact) mass is 403 g/mol. The first-order valence-electron chi connectivity index (χ1n) is 8.92. The number of hydrogen-bond acceptors (Lipinski definition) is 4. The molecule has 1 fully saturated rings. The fourth-order valence-electron chi connectivity index (χ4n) is 3.12. The lowest BCUT2D eigenvalue weighted by molar-refractivity contribution is -0.130. The standard InChI is InChI=1S/C20H19F2N3O4/c21-14-7-5-12(6-8-14)20(29)25-11-15(26)10-17(25)19(28)24-23-18(27)9-13-3-1-2-4-16(13)22/h1-8,15,17,26H,9-11H2,(H,23,27)(H,24,28). The van der Waals surface area contributed by atoms with Gasteiger partial charge in [-0.1, -0.05) is 18.2 Å². The van der Waals surface area contributed by atoms with Gasteiger partial charge in [0.25, 0.3) is 11.8 Å². The number of benzene rings is 2. The second-order valence-corrected chi connectivity index (χ2v) is 6.68. The van der Waals surface area contributed by atoms with Gasteiger partial charge in [-0.15, -0.1) is 0 Å². The lowest BCUT2D eigenvalue weighted by Crippen LogP contribution is -2.51. The molecule has 9 heteroatoms. The summed E-state index contributed by atoms with van der Waals surface area (Å²) in [7, 11) is 0. The van der Waals surface area contributed by atoms with Crippen LogP contribution in [-0.4, -0.2) is 46.4 Å². The molecule has 0 saturated carbocycles. The van der Waals surface area contributed by atoms with Crippen LogP contribution in [0.5, 0.6) is 0 Å². The highest BCUT2D eigenvalue weighted by Gasteiger charge is 2.39. The molecule has 0 aromatic heterocycles. The van der Waals surface area contributed by atoms with Gasteiger partial charge in [-0.25, -0.2) is 8.78 Å². The average molecular weight is 403 g/mol. The van der Waals surface area contributed by atoms with E-state index in [4.69, 9.17) is 0 Å². The molecule has 29 heavy (non-hydrogen) atoms. The van der Waals surface area contributed by atoms with E-state index in [-0.39, 0.29) is 30.5 Å². The molecule has 1 heterocycles. The van der Waals surface area contributed by atoms with Crippen molar-refractivity contribution in [3.8, 4) is 0 Å². The van der Waals surface area contributed by atoms with E-state index in [1.807, 2.05) is 0 Å². The number of hydrazine groups is 1. The van der Waals surface area contributed by atoms with Crippen LogP contribution in [0.4, 0.5) is 8.78 Å². The molecular formula is C20H19F2N3O4. The molecule has 7 nitrogen and oxygen atoms in total. The van der Waals surface area contributed by atoms with Crippen LogP contribution in [0.2, 0.25) is 0 Å². The van der Waals surface area contributed by atoms with E-state index in [9.17, 15) is 28.3 Å². The Bertz CT molecular complexity index is 920. The summed E-state index contributed by atoms with van der Waals surface area (Å²) in [5.41, 5.74) is 4.72. The minimum atomic E-state index is -1.02. The minimum absolute atomic E-state index is 0.0120. The molecule has 1 aliphatic rings. The maximum atomic E-state index is 13.6. The van der Waals surface area contributed by atoms with Crippen molar-refractivity contribution in [2.24, 2.45) is 0 Å². The highest BCUT2D eigenvalue weighted by Crippen LogP contribution is 2.21. The zero-order valence-corrected chi connectivity index (χ0v) is 15.3. The first-order chi connectivity index (χ1) is 13.8. The molecule has 0 radical (unpaired) electrons. The van der Waals surface area contributed by atoms with Crippen molar-refractivity contribution in [2.45, 2.75) is 25.0 Å². The molecule has 3 N–H and O–H groups in total. The molecule has 0 aliphatic carbocycles. The van der Waals surface area contributed by atoms with Crippen molar-refractivity contribution in [3.05, 3.63) is 71.3 Å². The highest BCUT2D eigenvalue weighted by atomic mass is 19.1. The molecule has 2 unspecified atom stereocenters. The van der Waals surface area contributed by atoms with Crippen LogP contribution in [0.25, 0.3) is 0 Å². The number of aliphatic hydroxyl groups excluding tert-OH is 1. The van der Waals surface area contributed by atoms with Crippen LogP contribution in [0.15, 0.2) is 48.5 Å². The Hall–Kier alpha value is -3.33. The number of carbonyl (C=O) groups is 3. The summed E-state index contributed by atoms with van der Waals surface area (Å²) >= 11 is 0. The van der Waals surface area contributed by atoms with Crippen LogP contribution in [0.3, 0.4) is 0 Å². The van der Waals surface area contributed by atoms with Crippen molar-refractivity contribution in [1.29, 1.82) is 0 Å². The second kappa shape index (κ2) is 8.78. The van der Waals surface area contributed by atoms with Crippen LogP contribution in [-0.2, 0) is 16.0 Å². The van der Waals surface area contributed by atoms with Gasteiger partial charge in [0.15, 0.2) is 0 Å². The second-order valence-electron chi connectivity index (χ2n) is 6.68. The number of amides is 3. The van der Waals surface area contributed by atoms with Gasteiger partial charge < -0.3 is 10.0 Å². The number of rotatable bonds is 4. The maximum Gasteiger partial charge on any atom is 0.261 e. The molecule has 0 bridgehead atoms. The summed E-state index contributed by atoms with van der Waals surface area (Å²) in [6.45, 7) is -0.0720. The first kappa shape index (κ1) is 20.4. The van der Waals surface area contributed by atoms with Gasteiger partial charge in [0.05, 0.1) is 12.5 Å². The van der Waals surface area contributed by atoms with Crippen LogP contribution in [0.1, 0.15) is 22.3 Å². The molecule has 2 aromatic carbocycles. The Morgan fingerprint density at radius 3 is 2.41 bits per heavy atom. The lowest BCUT2D eigenvalue weighted by atomic mass is 10.1. The van der Waals surface area contributed by atoms with Crippen molar-refractivity contribution >= 4 is 17.7 Å². The van der Waals surface area contributed by atoms with E-state index in [2.05, 4.69) is 10.9 Å². The molecular weight excluding hydrogens is 384 g/mol. The predicted octanol–water partition coefficient (Wildman–Crippen LogP) is 0.930. The van der Waals surface area contributed by atoms with E-state index in [1.165, 1.54) is 30.3 Å². The predicted molar refractivity (Wildman–Crippen MR) is 98.2 cm³/mol. The van der Waals surface area contributed by atoms with Gasteiger partial charge >= 0.3 is 0 Å². The number of β-amino-alcohol motifs (C(OH)–C–C–N with tert-alkyl or cyclic N) is 1. The van der Waals surface area contributed by atoms with Crippen LogP contribution in [0, 0.1) is 11.6 Å². The molecule has 3 amide bonds. The Kier molecular flexibility index (Phi) is 6.18. The summed E-state index contributed by atoms with van der Waals surface area (Å²) in [6.07, 6.45) is -1.20. The third-order valence-corrected chi connectivity index (χ3v) is 4.57. The fourth-order valence-corrected chi connectivity index (χ4v) is 3.12. The van der Waals surface area contributed by atoms with Gasteiger partial charge in [0.2, 0.25) is 5.91 Å². The number of carbonyl (C=O) groups excluding carboxylic acids is 3. The van der Waals surface area contributed by atoms with E-state index in [0.717, 1.165) is 17.0 Å². The van der Waals surface area contributed by atoms with Gasteiger partial charge in [0.1, 0.15) is 17.7 Å². The largest absolute Gasteiger partial charge is 0.391 e. The number of aliphatic hydroxyl groups is 1.